The molecular weight excluding hydrogens is 367 g/mol. The van der Waals surface area contributed by atoms with Crippen molar-refractivity contribution in [1.82, 2.24) is 14.8 Å². The van der Waals surface area contributed by atoms with Gasteiger partial charge in [-0.05, 0) is 23.6 Å². The Morgan fingerprint density at radius 2 is 1.85 bits per heavy atom. The molecule has 0 radical (unpaired) electrons. The summed E-state index contributed by atoms with van der Waals surface area (Å²) in [5, 5.41) is 19.9. The van der Waals surface area contributed by atoms with Crippen molar-refractivity contribution in [3.63, 3.8) is 0 Å². The molecule has 0 aliphatic heterocycles. The minimum absolute atomic E-state index is 0.0635. The van der Waals surface area contributed by atoms with Crippen molar-refractivity contribution < 1.29 is 9.31 Å². The molecule has 1 heterocycles. The molecule has 6 nitrogen and oxygen atoms in total. The Morgan fingerprint density at radius 1 is 1.15 bits per heavy atom. The zero-order chi connectivity index (χ0) is 19.4. The van der Waals surface area contributed by atoms with E-state index < -0.39 is 4.92 Å². The lowest BCUT2D eigenvalue weighted by molar-refractivity contribution is -0.384. The first-order valence-corrected chi connectivity index (χ1v) is 9.48. The molecule has 0 bridgehead atoms. The Labute approximate surface area is 160 Å². The van der Waals surface area contributed by atoms with Gasteiger partial charge < -0.3 is 4.57 Å². The predicted molar refractivity (Wildman–Crippen MR) is 103 cm³/mol. The van der Waals surface area contributed by atoms with Crippen molar-refractivity contribution in [2.24, 2.45) is 5.92 Å². The van der Waals surface area contributed by atoms with Gasteiger partial charge in [0.2, 0.25) is 0 Å². The summed E-state index contributed by atoms with van der Waals surface area (Å²) in [4.78, 5) is 10.3. The van der Waals surface area contributed by atoms with Gasteiger partial charge in [-0.2, -0.15) is 0 Å². The molecule has 0 unspecified atom stereocenters. The second kappa shape index (κ2) is 8.30. The first-order chi connectivity index (χ1) is 13.0. The van der Waals surface area contributed by atoms with Crippen LogP contribution in [0, 0.1) is 21.8 Å². The average Bonchev–Trinajstić information content (AvgIpc) is 3.02. The Balaban J connectivity index is 1.85. The molecule has 2 aromatic carbocycles. The van der Waals surface area contributed by atoms with Crippen LogP contribution in [0.4, 0.5) is 10.1 Å². The topological polar surface area (TPSA) is 73.8 Å². The van der Waals surface area contributed by atoms with Crippen LogP contribution in [0.3, 0.4) is 0 Å². The number of benzene rings is 2. The van der Waals surface area contributed by atoms with Crippen molar-refractivity contribution in [3.05, 3.63) is 70.0 Å². The second-order valence-electron chi connectivity index (χ2n) is 6.50. The molecule has 140 valence electrons. The van der Waals surface area contributed by atoms with E-state index in [2.05, 4.69) is 24.0 Å². The molecule has 0 aliphatic carbocycles. The highest BCUT2D eigenvalue weighted by Gasteiger charge is 2.18. The summed E-state index contributed by atoms with van der Waals surface area (Å²) in [6.07, 6.45) is 0. The van der Waals surface area contributed by atoms with E-state index in [0.717, 1.165) is 5.56 Å². The molecule has 3 rings (SSSR count). The summed E-state index contributed by atoms with van der Waals surface area (Å²) in [5.41, 5.74) is 1.43. The quantitative estimate of drug-likeness (QED) is 0.327. The van der Waals surface area contributed by atoms with Crippen LogP contribution < -0.4 is 0 Å². The first kappa shape index (κ1) is 19.0. The molecule has 0 amide bonds. The van der Waals surface area contributed by atoms with Crippen molar-refractivity contribution in [1.29, 1.82) is 0 Å². The summed E-state index contributed by atoms with van der Waals surface area (Å²) in [5.74, 6) is 1.10. The predicted octanol–water partition coefficient (Wildman–Crippen LogP) is 4.94. The molecule has 0 saturated heterocycles. The molecule has 8 heteroatoms. The van der Waals surface area contributed by atoms with E-state index in [1.807, 2.05) is 4.57 Å². The van der Waals surface area contributed by atoms with Crippen LogP contribution in [0.25, 0.3) is 11.4 Å². The molecule has 0 spiro atoms. The molecule has 0 saturated carbocycles. The second-order valence-corrected chi connectivity index (χ2v) is 7.45. The van der Waals surface area contributed by atoms with Gasteiger partial charge in [0, 0.05) is 24.4 Å². The van der Waals surface area contributed by atoms with Crippen LogP contribution in [-0.2, 0) is 12.3 Å². The molecule has 0 N–H and O–H groups in total. The fourth-order valence-electron chi connectivity index (χ4n) is 2.63. The zero-order valence-electron chi connectivity index (χ0n) is 15.0. The third-order valence-electron chi connectivity index (χ3n) is 3.89. The van der Waals surface area contributed by atoms with E-state index in [1.165, 1.54) is 30.0 Å². The minimum Gasteiger partial charge on any atom is -0.302 e. The lowest BCUT2D eigenvalue weighted by Gasteiger charge is -2.13. The van der Waals surface area contributed by atoms with Gasteiger partial charge in [-0.15, -0.1) is 10.2 Å². The number of nitro groups is 1. The summed E-state index contributed by atoms with van der Waals surface area (Å²) >= 11 is 1.47. The Kier molecular flexibility index (Phi) is 5.85. The number of halogens is 1. The number of thioether (sulfide) groups is 1. The largest absolute Gasteiger partial charge is 0.302 e. The van der Waals surface area contributed by atoms with Crippen LogP contribution in [-0.4, -0.2) is 19.7 Å². The third-order valence-corrected chi connectivity index (χ3v) is 4.93. The highest BCUT2D eigenvalue weighted by Crippen LogP contribution is 2.29. The molecule has 0 aliphatic rings. The number of hydrogen-bond donors (Lipinski definition) is 0. The van der Waals surface area contributed by atoms with Crippen molar-refractivity contribution in [2.75, 3.05) is 0 Å². The van der Waals surface area contributed by atoms with Crippen molar-refractivity contribution in [3.8, 4) is 11.4 Å². The number of nitrogens with zero attached hydrogens (tertiary/aromatic N) is 4. The molecule has 3 aromatic rings. The minimum atomic E-state index is -0.420. The number of hydrogen-bond acceptors (Lipinski definition) is 5. The summed E-state index contributed by atoms with van der Waals surface area (Å²) < 4.78 is 16.1. The van der Waals surface area contributed by atoms with Gasteiger partial charge in [0.15, 0.2) is 11.0 Å². The summed E-state index contributed by atoms with van der Waals surface area (Å²) in [6.45, 7) is 4.82. The molecule has 1 aromatic heterocycles. The third kappa shape index (κ3) is 4.51. The van der Waals surface area contributed by atoms with E-state index >= 15 is 0 Å². The maximum atomic E-state index is 14.2. The fraction of sp³-hybridized carbons (Fsp3) is 0.263. The van der Waals surface area contributed by atoms with Gasteiger partial charge in [-0.3, -0.25) is 10.1 Å². The fourth-order valence-corrected chi connectivity index (χ4v) is 3.53. The number of non-ortho nitro benzene ring substituents is 1. The van der Waals surface area contributed by atoms with E-state index in [9.17, 15) is 14.5 Å². The van der Waals surface area contributed by atoms with E-state index in [-0.39, 0.29) is 11.5 Å². The summed E-state index contributed by atoms with van der Waals surface area (Å²) in [6, 6.07) is 13.0. The van der Waals surface area contributed by atoms with E-state index in [1.54, 1.807) is 30.3 Å². The smallest absolute Gasteiger partial charge is 0.269 e. The maximum Gasteiger partial charge on any atom is 0.269 e. The highest BCUT2D eigenvalue weighted by molar-refractivity contribution is 7.98. The lowest BCUT2D eigenvalue weighted by Crippen LogP contribution is -2.08. The van der Waals surface area contributed by atoms with Crippen LogP contribution in [0.15, 0.2) is 53.7 Å². The molecule has 0 fully saturated rings. The Morgan fingerprint density at radius 3 is 2.48 bits per heavy atom. The van der Waals surface area contributed by atoms with Crippen LogP contribution in [0.2, 0.25) is 0 Å². The van der Waals surface area contributed by atoms with Gasteiger partial charge in [-0.1, -0.05) is 49.9 Å². The van der Waals surface area contributed by atoms with Crippen molar-refractivity contribution in [2.45, 2.75) is 31.3 Å². The standard InChI is InChI=1S/C19H19FN4O2S/c1-13(2)11-23-18(16-5-3-4-6-17(16)20)21-22-19(23)27-12-14-7-9-15(10-8-14)24(25)26/h3-10,13H,11-12H2,1-2H3. The monoisotopic (exact) mass is 386 g/mol. The number of aromatic nitrogens is 3. The van der Waals surface area contributed by atoms with Gasteiger partial charge >= 0.3 is 0 Å². The molecular formula is C19H19FN4O2S. The SMILES string of the molecule is CC(C)Cn1c(SCc2ccc([N+](=O)[O-])cc2)nnc1-c1ccccc1F. The van der Waals surface area contributed by atoms with E-state index in [0.29, 0.717) is 34.8 Å². The first-order valence-electron chi connectivity index (χ1n) is 8.50. The molecule has 27 heavy (non-hydrogen) atoms. The van der Waals surface area contributed by atoms with Crippen LogP contribution >= 0.6 is 11.8 Å². The van der Waals surface area contributed by atoms with Gasteiger partial charge in [0.1, 0.15) is 5.82 Å². The van der Waals surface area contributed by atoms with Crippen LogP contribution in [0.5, 0.6) is 0 Å². The highest BCUT2D eigenvalue weighted by atomic mass is 32.2. The number of nitro benzene ring substituents is 1. The summed E-state index contributed by atoms with van der Waals surface area (Å²) in [7, 11) is 0. The van der Waals surface area contributed by atoms with Gasteiger partial charge in [0.25, 0.3) is 5.69 Å². The average molecular weight is 386 g/mol. The zero-order valence-corrected chi connectivity index (χ0v) is 15.8. The lowest BCUT2D eigenvalue weighted by atomic mass is 10.2. The van der Waals surface area contributed by atoms with Gasteiger partial charge in [-0.25, -0.2) is 4.39 Å². The Hall–Kier alpha value is -2.74. The van der Waals surface area contributed by atoms with Gasteiger partial charge in [0.05, 0.1) is 10.5 Å². The molecule has 0 atom stereocenters. The maximum absolute atomic E-state index is 14.2. The van der Waals surface area contributed by atoms with Crippen molar-refractivity contribution >= 4 is 17.4 Å². The van der Waals surface area contributed by atoms with E-state index in [4.69, 9.17) is 0 Å². The normalized spacial score (nSPS) is 11.1. The number of rotatable bonds is 7. The van der Waals surface area contributed by atoms with Crippen LogP contribution in [0.1, 0.15) is 19.4 Å². The Bertz CT molecular complexity index is 941.